The van der Waals surface area contributed by atoms with Crippen molar-refractivity contribution in [3.63, 3.8) is 0 Å². The van der Waals surface area contributed by atoms with E-state index in [0.29, 0.717) is 28.1 Å². The summed E-state index contributed by atoms with van der Waals surface area (Å²) in [7, 11) is 1.58. The van der Waals surface area contributed by atoms with Crippen LogP contribution in [0.1, 0.15) is 11.3 Å². The van der Waals surface area contributed by atoms with Gasteiger partial charge in [-0.2, -0.15) is 0 Å². The summed E-state index contributed by atoms with van der Waals surface area (Å²) < 4.78 is 10.9. The molecule has 0 amide bonds. The van der Waals surface area contributed by atoms with E-state index in [-0.39, 0.29) is 6.61 Å². The normalized spacial score (nSPS) is 10.3. The lowest BCUT2D eigenvalue weighted by molar-refractivity contribution is 0.275. The number of aromatic nitrogens is 1. The number of aryl methyl sites for hydroxylation is 1. The van der Waals surface area contributed by atoms with Crippen LogP contribution in [-0.4, -0.2) is 17.2 Å². The van der Waals surface area contributed by atoms with Gasteiger partial charge in [-0.3, -0.25) is 0 Å². The number of benzene rings is 1. The predicted octanol–water partition coefficient (Wildman–Crippen LogP) is 3.34. The highest BCUT2D eigenvalue weighted by Gasteiger charge is 2.08. The molecule has 0 atom stereocenters. The molecule has 0 spiro atoms. The van der Waals surface area contributed by atoms with Gasteiger partial charge >= 0.3 is 0 Å². The van der Waals surface area contributed by atoms with Gasteiger partial charge in [0, 0.05) is 6.07 Å². The molecule has 100 valence electrons. The Morgan fingerprint density at radius 2 is 2.00 bits per heavy atom. The van der Waals surface area contributed by atoms with Crippen LogP contribution in [0.2, 0.25) is 5.02 Å². The zero-order valence-electron chi connectivity index (χ0n) is 10.7. The Labute approximate surface area is 116 Å². The van der Waals surface area contributed by atoms with Crippen LogP contribution >= 0.6 is 11.6 Å². The Hall–Kier alpha value is -1.78. The molecule has 0 radical (unpaired) electrons. The minimum absolute atomic E-state index is 0.235. The fraction of sp³-hybridized carbons (Fsp3) is 0.214. The molecule has 1 aromatic carbocycles. The first-order chi connectivity index (χ1) is 9.13. The minimum Gasteiger partial charge on any atom is -0.493 e. The molecular formula is C14H14ClNO3. The van der Waals surface area contributed by atoms with Crippen LogP contribution in [0.5, 0.6) is 17.4 Å². The van der Waals surface area contributed by atoms with Gasteiger partial charge in [-0.05, 0) is 30.7 Å². The number of pyridine rings is 1. The number of halogens is 1. The number of methoxy groups -OCH3 is 1. The second-order valence-electron chi connectivity index (χ2n) is 3.99. The summed E-state index contributed by atoms with van der Waals surface area (Å²) in [4.78, 5) is 4.12. The van der Waals surface area contributed by atoms with Crippen molar-refractivity contribution in [3.05, 3.63) is 46.6 Å². The topological polar surface area (TPSA) is 51.6 Å². The first-order valence-corrected chi connectivity index (χ1v) is 6.10. The molecule has 0 aliphatic rings. The maximum Gasteiger partial charge on any atom is 0.219 e. The Balaban J connectivity index is 2.30. The van der Waals surface area contributed by atoms with Gasteiger partial charge in [0.1, 0.15) is 0 Å². The highest BCUT2D eigenvalue weighted by atomic mass is 35.5. The van der Waals surface area contributed by atoms with E-state index >= 15 is 0 Å². The third kappa shape index (κ3) is 3.16. The van der Waals surface area contributed by atoms with E-state index < -0.39 is 0 Å². The van der Waals surface area contributed by atoms with Gasteiger partial charge in [-0.25, -0.2) is 4.98 Å². The van der Waals surface area contributed by atoms with Gasteiger partial charge < -0.3 is 14.6 Å². The van der Waals surface area contributed by atoms with Crippen LogP contribution in [0, 0.1) is 6.92 Å². The first-order valence-electron chi connectivity index (χ1n) is 5.73. The zero-order valence-corrected chi connectivity index (χ0v) is 11.4. The van der Waals surface area contributed by atoms with Crippen molar-refractivity contribution in [2.75, 3.05) is 7.11 Å². The van der Waals surface area contributed by atoms with E-state index in [1.165, 1.54) is 0 Å². The summed E-state index contributed by atoms with van der Waals surface area (Å²) in [5.74, 6) is 1.55. The molecule has 0 aliphatic carbocycles. The third-order valence-electron chi connectivity index (χ3n) is 2.58. The minimum atomic E-state index is -0.235. The lowest BCUT2D eigenvalue weighted by Gasteiger charge is -2.11. The van der Waals surface area contributed by atoms with Crippen LogP contribution < -0.4 is 9.47 Å². The van der Waals surface area contributed by atoms with E-state index in [4.69, 9.17) is 26.2 Å². The highest BCUT2D eigenvalue weighted by molar-refractivity contribution is 6.31. The fourth-order valence-electron chi connectivity index (χ4n) is 1.60. The van der Waals surface area contributed by atoms with Crippen molar-refractivity contribution >= 4 is 11.6 Å². The second-order valence-corrected chi connectivity index (χ2v) is 4.40. The Morgan fingerprint density at radius 3 is 2.68 bits per heavy atom. The first kappa shape index (κ1) is 13.6. The van der Waals surface area contributed by atoms with Gasteiger partial charge in [0.15, 0.2) is 11.5 Å². The van der Waals surface area contributed by atoms with Gasteiger partial charge in [-0.15, -0.1) is 0 Å². The maximum atomic E-state index is 9.12. The Bertz CT molecular complexity index is 587. The molecule has 1 N–H and O–H groups in total. The summed E-state index contributed by atoms with van der Waals surface area (Å²) in [5, 5.41) is 9.53. The second kappa shape index (κ2) is 5.91. The summed E-state index contributed by atoms with van der Waals surface area (Å²) in [6.07, 6.45) is 0. The fourth-order valence-corrected chi connectivity index (χ4v) is 1.77. The number of aliphatic hydroxyl groups excluding tert-OH is 1. The molecule has 2 aromatic rings. The van der Waals surface area contributed by atoms with Crippen molar-refractivity contribution in [2.24, 2.45) is 0 Å². The molecular weight excluding hydrogens is 266 g/mol. The van der Waals surface area contributed by atoms with Crippen molar-refractivity contribution in [1.29, 1.82) is 0 Å². The Morgan fingerprint density at radius 1 is 1.21 bits per heavy atom. The molecule has 0 saturated carbocycles. The molecule has 1 heterocycles. The van der Waals surface area contributed by atoms with E-state index in [9.17, 15) is 0 Å². The third-order valence-corrected chi connectivity index (χ3v) is 2.92. The number of hydrogen-bond acceptors (Lipinski definition) is 4. The SMILES string of the molecule is COc1cc(C)ccc1Oc1ccc(Cl)c(CO)n1. The van der Waals surface area contributed by atoms with Crippen LogP contribution in [0.3, 0.4) is 0 Å². The summed E-state index contributed by atoms with van der Waals surface area (Å²) in [6.45, 7) is 1.73. The smallest absolute Gasteiger partial charge is 0.219 e. The summed E-state index contributed by atoms with van der Waals surface area (Å²) >= 11 is 5.88. The van der Waals surface area contributed by atoms with E-state index in [1.807, 2.05) is 25.1 Å². The molecule has 0 aliphatic heterocycles. The van der Waals surface area contributed by atoms with Crippen molar-refractivity contribution < 1.29 is 14.6 Å². The molecule has 2 rings (SSSR count). The monoisotopic (exact) mass is 279 g/mol. The molecule has 0 saturated heterocycles. The van der Waals surface area contributed by atoms with Gasteiger partial charge in [0.05, 0.1) is 24.4 Å². The Kier molecular flexibility index (Phi) is 4.24. The molecule has 19 heavy (non-hydrogen) atoms. The number of hydrogen-bond donors (Lipinski definition) is 1. The zero-order chi connectivity index (χ0) is 13.8. The van der Waals surface area contributed by atoms with E-state index in [2.05, 4.69) is 4.98 Å². The van der Waals surface area contributed by atoms with Gasteiger partial charge in [0.2, 0.25) is 5.88 Å². The van der Waals surface area contributed by atoms with Crippen LogP contribution in [0.4, 0.5) is 0 Å². The summed E-state index contributed by atoms with van der Waals surface area (Å²) in [5.41, 5.74) is 1.45. The quantitative estimate of drug-likeness (QED) is 0.933. The number of rotatable bonds is 4. The number of ether oxygens (including phenoxy) is 2. The number of aliphatic hydroxyl groups is 1. The van der Waals surface area contributed by atoms with E-state index in [1.54, 1.807) is 19.2 Å². The largest absolute Gasteiger partial charge is 0.493 e. The molecule has 4 nitrogen and oxygen atoms in total. The molecule has 1 aromatic heterocycles. The van der Waals surface area contributed by atoms with Crippen LogP contribution in [0.15, 0.2) is 30.3 Å². The average Bonchev–Trinajstić information content (AvgIpc) is 2.42. The predicted molar refractivity (Wildman–Crippen MR) is 73.0 cm³/mol. The highest BCUT2D eigenvalue weighted by Crippen LogP contribution is 2.32. The maximum absolute atomic E-state index is 9.12. The van der Waals surface area contributed by atoms with Crippen molar-refractivity contribution in [2.45, 2.75) is 13.5 Å². The van der Waals surface area contributed by atoms with Crippen LogP contribution in [0.25, 0.3) is 0 Å². The van der Waals surface area contributed by atoms with Crippen molar-refractivity contribution in [3.8, 4) is 17.4 Å². The van der Waals surface area contributed by atoms with Crippen LogP contribution in [-0.2, 0) is 6.61 Å². The number of nitrogens with zero attached hydrogens (tertiary/aromatic N) is 1. The van der Waals surface area contributed by atoms with Crippen molar-refractivity contribution in [1.82, 2.24) is 4.98 Å². The van der Waals surface area contributed by atoms with E-state index in [0.717, 1.165) is 5.56 Å². The standard InChI is InChI=1S/C14H14ClNO3/c1-9-3-5-12(13(7-9)18-2)19-14-6-4-10(15)11(8-17)16-14/h3-7,17H,8H2,1-2H3. The van der Waals surface area contributed by atoms with Gasteiger partial charge in [0.25, 0.3) is 0 Å². The lowest BCUT2D eigenvalue weighted by Crippen LogP contribution is -1.96. The summed E-state index contributed by atoms with van der Waals surface area (Å²) in [6, 6.07) is 8.87. The average molecular weight is 280 g/mol. The molecule has 5 heteroatoms. The molecule has 0 bridgehead atoms. The lowest BCUT2D eigenvalue weighted by atomic mass is 10.2. The van der Waals surface area contributed by atoms with Gasteiger partial charge in [-0.1, -0.05) is 17.7 Å². The molecule has 0 unspecified atom stereocenters. The molecule has 0 fully saturated rings.